The lowest BCUT2D eigenvalue weighted by Gasteiger charge is -2.08. The number of amides is 1. The van der Waals surface area contributed by atoms with Gasteiger partial charge in [0, 0.05) is 30.7 Å². The molecule has 0 saturated heterocycles. The van der Waals surface area contributed by atoms with Crippen molar-refractivity contribution < 1.29 is 14.3 Å². The minimum absolute atomic E-state index is 0.0539. The molecule has 0 saturated carbocycles. The summed E-state index contributed by atoms with van der Waals surface area (Å²) in [6, 6.07) is 13.2. The van der Waals surface area contributed by atoms with Crippen molar-refractivity contribution in [3.8, 4) is 11.1 Å². The molecular weight excluding hydrogens is 316 g/mol. The van der Waals surface area contributed by atoms with Crippen LogP contribution in [0.3, 0.4) is 0 Å². The standard InChI is InChI=1S/C20H18N2O3/c1-12-17-10-15(7-8-18(17)22-20(12)21-13(2)23)14-5-4-6-16(9-14)19(24)11-25-3/h4-10H,1,11H2,2-3H3,(H,21,22,23). The number of carbonyl (C=O) groups excluding carboxylic acids is 2. The van der Waals surface area contributed by atoms with Gasteiger partial charge in [0.2, 0.25) is 5.91 Å². The highest BCUT2D eigenvalue weighted by atomic mass is 16.5. The number of benzene rings is 2. The number of hydrogen-bond donors (Lipinski definition) is 1. The van der Waals surface area contributed by atoms with Gasteiger partial charge in [0.15, 0.2) is 5.78 Å². The average molecular weight is 334 g/mol. The van der Waals surface area contributed by atoms with E-state index in [1.165, 1.54) is 14.0 Å². The van der Waals surface area contributed by atoms with Gasteiger partial charge in [0.1, 0.15) is 12.4 Å². The molecule has 1 aliphatic rings. The van der Waals surface area contributed by atoms with Crippen molar-refractivity contribution in [2.75, 3.05) is 13.7 Å². The number of Topliss-reactive ketones (excluding diaryl/α,β-unsaturated/α-hetero) is 1. The molecular formula is C20H18N2O3. The second kappa shape index (κ2) is 6.83. The second-order valence-corrected chi connectivity index (χ2v) is 5.79. The Morgan fingerprint density at radius 1 is 1.16 bits per heavy atom. The minimum Gasteiger partial charge on any atom is -0.377 e. The number of ether oxygens (including phenoxy) is 1. The largest absolute Gasteiger partial charge is 0.377 e. The van der Waals surface area contributed by atoms with Crippen LogP contribution in [0.5, 0.6) is 0 Å². The first-order valence-corrected chi connectivity index (χ1v) is 7.82. The Labute approximate surface area is 146 Å². The van der Waals surface area contributed by atoms with E-state index in [-0.39, 0.29) is 18.3 Å². The van der Waals surface area contributed by atoms with Gasteiger partial charge in [-0.05, 0) is 29.3 Å². The van der Waals surface area contributed by atoms with Gasteiger partial charge >= 0.3 is 0 Å². The molecule has 0 unspecified atom stereocenters. The molecule has 0 spiro atoms. The molecule has 1 N–H and O–H groups in total. The van der Waals surface area contributed by atoms with E-state index in [4.69, 9.17) is 4.74 Å². The zero-order valence-electron chi connectivity index (χ0n) is 14.1. The summed E-state index contributed by atoms with van der Waals surface area (Å²) >= 11 is 0. The van der Waals surface area contributed by atoms with E-state index in [0.29, 0.717) is 17.0 Å². The molecule has 0 radical (unpaired) electrons. The predicted molar refractivity (Wildman–Crippen MR) is 98.0 cm³/mol. The van der Waals surface area contributed by atoms with Crippen LogP contribution in [0.2, 0.25) is 0 Å². The molecule has 0 aromatic heterocycles. The number of amidine groups is 1. The van der Waals surface area contributed by atoms with Crippen LogP contribution in [0.15, 0.2) is 54.0 Å². The maximum Gasteiger partial charge on any atom is 0.222 e. The highest BCUT2D eigenvalue weighted by Gasteiger charge is 2.20. The van der Waals surface area contributed by atoms with Crippen LogP contribution in [0.4, 0.5) is 5.69 Å². The molecule has 1 aliphatic heterocycles. The van der Waals surface area contributed by atoms with Crippen molar-refractivity contribution in [2.45, 2.75) is 6.92 Å². The van der Waals surface area contributed by atoms with Gasteiger partial charge in [0.05, 0.1) is 5.69 Å². The van der Waals surface area contributed by atoms with Gasteiger partial charge in [-0.15, -0.1) is 0 Å². The number of ketones is 1. The van der Waals surface area contributed by atoms with Gasteiger partial charge in [-0.3, -0.25) is 9.59 Å². The summed E-state index contributed by atoms with van der Waals surface area (Å²) in [6.45, 7) is 5.51. The molecule has 5 heteroatoms. The number of aliphatic imine (C=N–C) groups is 1. The van der Waals surface area contributed by atoms with E-state index < -0.39 is 0 Å². The third kappa shape index (κ3) is 3.41. The third-order valence-corrected chi connectivity index (χ3v) is 3.93. The van der Waals surface area contributed by atoms with E-state index in [1.54, 1.807) is 6.07 Å². The van der Waals surface area contributed by atoms with Crippen LogP contribution in [-0.4, -0.2) is 31.2 Å². The summed E-state index contributed by atoms with van der Waals surface area (Å²) < 4.78 is 4.91. The lowest BCUT2D eigenvalue weighted by molar-refractivity contribution is -0.117. The van der Waals surface area contributed by atoms with Crippen molar-refractivity contribution in [1.29, 1.82) is 0 Å². The Bertz CT molecular complexity index is 913. The molecule has 2 aromatic rings. The number of rotatable bonds is 4. The van der Waals surface area contributed by atoms with Crippen LogP contribution >= 0.6 is 0 Å². The highest BCUT2D eigenvalue weighted by Crippen LogP contribution is 2.36. The van der Waals surface area contributed by atoms with E-state index >= 15 is 0 Å². The first-order chi connectivity index (χ1) is 12.0. The average Bonchev–Trinajstić information content (AvgIpc) is 2.90. The molecule has 5 nitrogen and oxygen atoms in total. The number of methoxy groups -OCH3 is 1. The number of hydrogen-bond acceptors (Lipinski definition) is 4. The number of nitrogens with one attached hydrogen (secondary N) is 1. The summed E-state index contributed by atoms with van der Waals surface area (Å²) in [5.41, 5.74) is 4.79. The van der Waals surface area contributed by atoms with E-state index in [9.17, 15) is 9.59 Å². The maximum atomic E-state index is 12.0. The molecule has 3 rings (SSSR count). The first kappa shape index (κ1) is 16.8. The predicted octanol–water partition coefficient (Wildman–Crippen LogP) is 3.38. The summed E-state index contributed by atoms with van der Waals surface area (Å²) in [5.74, 6) is 0.229. The fraction of sp³-hybridized carbons (Fsp3) is 0.150. The molecule has 1 heterocycles. The zero-order chi connectivity index (χ0) is 18.0. The normalized spacial score (nSPS) is 12.6. The third-order valence-electron chi connectivity index (χ3n) is 3.93. The Kier molecular flexibility index (Phi) is 4.59. The van der Waals surface area contributed by atoms with Crippen LogP contribution in [0.25, 0.3) is 16.7 Å². The smallest absolute Gasteiger partial charge is 0.222 e. The Hall–Kier alpha value is -3.05. The van der Waals surface area contributed by atoms with Crippen LogP contribution in [0, 0.1) is 0 Å². The Morgan fingerprint density at radius 2 is 1.92 bits per heavy atom. The lowest BCUT2D eigenvalue weighted by atomic mass is 9.97. The first-order valence-electron chi connectivity index (χ1n) is 7.82. The molecule has 0 fully saturated rings. The molecule has 1 amide bonds. The molecule has 2 aromatic carbocycles. The van der Waals surface area contributed by atoms with Crippen molar-refractivity contribution in [2.24, 2.45) is 4.99 Å². The summed E-state index contributed by atoms with van der Waals surface area (Å²) in [4.78, 5) is 27.7. The van der Waals surface area contributed by atoms with E-state index in [1.807, 2.05) is 36.4 Å². The summed E-state index contributed by atoms with van der Waals surface area (Å²) in [7, 11) is 1.50. The van der Waals surface area contributed by atoms with Crippen molar-refractivity contribution in [3.63, 3.8) is 0 Å². The second-order valence-electron chi connectivity index (χ2n) is 5.79. The Balaban J connectivity index is 1.92. The van der Waals surface area contributed by atoms with Gasteiger partial charge in [-0.2, -0.15) is 0 Å². The quantitative estimate of drug-likeness (QED) is 0.872. The number of fused-ring (bicyclic) bond motifs is 1. The van der Waals surface area contributed by atoms with Crippen molar-refractivity contribution in [3.05, 3.63) is 60.2 Å². The number of nitrogens with zero attached hydrogens (tertiary/aromatic N) is 1. The SMILES string of the molecule is C=C1C(NC(C)=O)=Nc2ccc(-c3cccc(C(=O)COC)c3)cc21. The topological polar surface area (TPSA) is 67.8 Å². The fourth-order valence-corrected chi connectivity index (χ4v) is 2.73. The molecule has 0 bridgehead atoms. The van der Waals surface area contributed by atoms with Gasteiger partial charge in [-0.25, -0.2) is 4.99 Å². The fourth-order valence-electron chi connectivity index (χ4n) is 2.73. The van der Waals surface area contributed by atoms with Crippen molar-refractivity contribution in [1.82, 2.24) is 5.32 Å². The Morgan fingerprint density at radius 3 is 2.64 bits per heavy atom. The summed E-state index contributed by atoms with van der Waals surface area (Å²) in [5, 5.41) is 2.69. The monoisotopic (exact) mass is 334 g/mol. The van der Waals surface area contributed by atoms with Crippen molar-refractivity contribution >= 4 is 28.8 Å². The van der Waals surface area contributed by atoms with Crippen LogP contribution in [-0.2, 0) is 9.53 Å². The zero-order valence-corrected chi connectivity index (χ0v) is 14.1. The van der Waals surface area contributed by atoms with E-state index in [2.05, 4.69) is 16.9 Å². The van der Waals surface area contributed by atoms with Crippen LogP contribution in [0.1, 0.15) is 22.8 Å². The molecule has 0 aliphatic carbocycles. The molecule has 0 atom stereocenters. The maximum absolute atomic E-state index is 12.0. The lowest BCUT2D eigenvalue weighted by Crippen LogP contribution is -2.26. The van der Waals surface area contributed by atoms with Crippen LogP contribution < -0.4 is 5.32 Å². The minimum atomic E-state index is -0.183. The number of carbonyl (C=O) groups is 2. The van der Waals surface area contributed by atoms with E-state index in [0.717, 1.165) is 22.4 Å². The highest BCUT2D eigenvalue weighted by molar-refractivity contribution is 6.30. The van der Waals surface area contributed by atoms with Gasteiger partial charge in [0.25, 0.3) is 0 Å². The summed E-state index contributed by atoms with van der Waals surface area (Å²) in [6.07, 6.45) is 0. The van der Waals surface area contributed by atoms with Gasteiger partial charge in [-0.1, -0.05) is 30.8 Å². The molecule has 25 heavy (non-hydrogen) atoms. The van der Waals surface area contributed by atoms with Gasteiger partial charge < -0.3 is 10.1 Å². The molecule has 126 valence electrons.